The maximum Gasteiger partial charge on any atom is 0.261 e. The van der Waals surface area contributed by atoms with E-state index < -0.39 is 0 Å². The fraction of sp³-hybridized carbons (Fsp3) is 0.421. The van der Waals surface area contributed by atoms with Crippen molar-refractivity contribution < 1.29 is 9.53 Å². The summed E-state index contributed by atoms with van der Waals surface area (Å²) in [6, 6.07) is 5.67. The van der Waals surface area contributed by atoms with Crippen molar-refractivity contribution in [3.8, 4) is 0 Å². The summed E-state index contributed by atoms with van der Waals surface area (Å²) >= 11 is 0. The van der Waals surface area contributed by atoms with Gasteiger partial charge in [0.25, 0.3) is 11.5 Å². The van der Waals surface area contributed by atoms with Gasteiger partial charge in [-0.15, -0.1) is 0 Å². The Bertz CT molecular complexity index is 801. The molecule has 3 heterocycles. The van der Waals surface area contributed by atoms with E-state index in [4.69, 9.17) is 4.74 Å². The summed E-state index contributed by atoms with van der Waals surface area (Å²) in [5, 5.41) is 0. The van der Waals surface area contributed by atoms with Crippen molar-refractivity contribution in [2.75, 3.05) is 13.1 Å². The number of rotatable bonds is 4. The monoisotopic (exact) mass is 341 g/mol. The number of H-pyrrole nitrogens is 1. The van der Waals surface area contributed by atoms with Crippen LogP contribution in [0.4, 0.5) is 0 Å². The molecule has 1 aliphatic heterocycles. The molecule has 1 aliphatic rings. The molecule has 3 rings (SSSR count). The number of carbonyl (C=O) groups excluding carboxylic acids is 1. The quantitative estimate of drug-likeness (QED) is 0.925. The second-order valence-electron chi connectivity index (χ2n) is 6.53. The standard InChI is InChI=1S/C19H23N3O3/c1-13-9-14(2)21-18(23)17(13)19(24)22-8-4-6-16(11-22)25-12-15-5-3-7-20-10-15/h3,5,7,9-10,16H,4,6,8,11-12H2,1-2H3,(H,21,23)/t16-/m1/s1. The molecule has 1 N–H and O–H groups in total. The molecule has 2 aromatic rings. The molecule has 0 saturated carbocycles. The van der Waals surface area contributed by atoms with E-state index in [0.29, 0.717) is 25.3 Å². The number of hydrogen-bond donors (Lipinski definition) is 1. The lowest BCUT2D eigenvalue weighted by atomic mass is 10.0. The largest absolute Gasteiger partial charge is 0.372 e. The van der Waals surface area contributed by atoms with E-state index in [1.807, 2.05) is 25.1 Å². The number of ether oxygens (including phenoxy) is 1. The number of nitrogens with one attached hydrogen (secondary N) is 1. The van der Waals surface area contributed by atoms with Crippen LogP contribution >= 0.6 is 0 Å². The van der Waals surface area contributed by atoms with Crippen LogP contribution in [0, 0.1) is 13.8 Å². The maximum absolute atomic E-state index is 12.8. The van der Waals surface area contributed by atoms with Crippen LogP contribution in [-0.4, -0.2) is 40.0 Å². The highest BCUT2D eigenvalue weighted by Gasteiger charge is 2.27. The Morgan fingerprint density at radius 2 is 2.28 bits per heavy atom. The number of pyridine rings is 2. The van der Waals surface area contributed by atoms with Gasteiger partial charge < -0.3 is 14.6 Å². The molecule has 0 bridgehead atoms. The van der Waals surface area contributed by atoms with Crippen LogP contribution in [0.25, 0.3) is 0 Å². The minimum absolute atomic E-state index is 0.0252. The minimum Gasteiger partial charge on any atom is -0.372 e. The van der Waals surface area contributed by atoms with Crippen LogP contribution in [0.15, 0.2) is 35.4 Å². The zero-order chi connectivity index (χ0) is 17.8. The highest BCUT2D eigenvalue weighted by molar-refractivity contribution is 5.95. The zero-order valence-corrected chi connectivity index (χ0v) is 14.6. The molecule has 0 spiro atoms. The molecule has 0 aliphatic carbocycles. The molecular weight excluding hydrogens is 318 g/mol. The van der Waals surface area contributed by atoms with Crippen molar-refractivity contribution in [3.63, 3.8) is 0 Å². The molecule has 6 nitrogen and oxygen atoms in total. The van der Waals surface area contributed by atoms with E-state index in [-0.39, 0.29) is 23.1 Å². The second-order valence-corrected chi connectivity index (χ2v) is 6.53. The van der Waals surface area contributed by atoms with Crippen molar-refractivity contribution in [3.05, 3.63) is 63.3 Å². The van der Waals surface area contributed by atoms with Crippen molar-refractivity contribution >= 4 is 5.91 Å². The average Bonchev–Trinajstić information content (AvgIpc) is 2.60. The normalized spacial score (nSPS) is 17.5. The second kappa shape index (κ2) is 7.61. The Hall–Kier alpha value is -2.47. The smallest absolute Gasteiger partial charge is 0.261 e. The number of carbonyl (C=O) groups is 1. The molecule has 1 fully saturated rings. The lowest BCUT2D eigenvalue weighted by molar-refractivity contribution is -0.00688. The topological polar surface area (TPSA) is 75.3 Å². The first-order chi connectivity index (χ1) is 12.0. The van der Waals surface area contributed by atoms with Crippen molar-refractivity contribution in [2.24, 2.45) is 0 Å². The summed E-state index contributed by atoms with van der Waals surface area (Å²) in [5.41, 5.74) is 2.40. The predicted octanol–water partition coefficient (Wildman–Crippen LogP) is 2.21. The Morgan fingerprint density at radius 1 is 1.44 bits per heavy atom. The van der Waals surface area contributed by atoms with Gasteiger partial charge in [0.1, 0.15) is 5.56 Å². The van der Waals surface area contributed by atoms with E-state index in [1.165, 1.54) is 0 Å². The molecule has 25 heavy (non-hydrogen) atoms. The Kier molecular flexibility index (Phi) is 5.28. The summed E-state index contributed by atoms with van der Waals surface area (Å²) in [6.45, 7) is 5.25. The van der Waals surface area contributed by atoms with Gasteiger partial charge in [-0.3, -0.25) is 14.6 Å². The van der Waals surface area contributed by atoms with Crippen LogP contribution in [0.2, 0.25) is 0 Å². The molecule has 132 valence electrons. The summed E-state index contributed by atoms with van der Waals surface area (Å²) in [4.78, 5) is 33.5. The van der Waals surface area contributed by atoms with Gasteiger partial charge in [0.05, 0.1) is 12.7 Å². The van der Waals surface area contributed by atoms with E-state index in [9.17, 15) is 9.59 Å². The zero-order valence-electron chi connectivity index (χ0n) is 14.6. The molecule has 6 heteroatoms. The number of likely N-dealkylation sites (tertiary alicyclic amines) is 1. The van der Waals surface area contributed by atoms with Crippen molar-refractivity contribution in [2.45, 2.75) is 39.4 Å². The van der Waals surface area contributed by atoms with Crippen LogP contribution in [0.1, 0.15) is 40.0 Å². The Labute approximate surface area is 146 Å². The number of aromatic amines is 1. The van der Waals surface area contributed by atoms with Gasteiger partial charge in [0, 0.05) is 31.2 Å². The average molecular weight is 341 g/mol. The number of hydrogen-bond acceptors (Lipinski definition) is 4. The fourth-order valence-corrected chi connectivity index (χ4v) is 3.23. The Morgan fingerprint density at radius 3 is 3.00 bits per heavy atom. The van der Waals surface area contributed by atoms with E-state index in [0.717, 1.165) is 24.1 Å². The first-order valence-corrected chi connectivity index (χ1v) is 8.55. The van der Waals surface area contributed by atoms with E-state index in [1.54, 1.807) is 24.2 Å². The number of nitrogens with zero attached hydrogens (tertiary/aromatic N) is 2. The summed E-state index contributed by atoms with van der Waals surface area (Å²) < 4.78 is 5.95. The molecule has 2 aromatic heterocycles. The van der Waals surface area contributed by atoms with Gasteiger partial charge in [-0.1, -0.05) is 6.07 Å². The highest BCUT2D eigenvalue weighted by atomic mass is 16.5. The minimum atomic E-state index is -0.319. The molecule has 1 saturated heterocycles. The van der Waals surface area contributed by atoms with E-state index >= 15 is 0 Å². The number of amides is 1. The predicted molar refractivity (Wildman–Crippen MR) is 94.5 cm³/mol. The van der Waals surface area contributed by atoms with Gasteiger partial charge in [-0.2, -0.15) is 0 Å². The third-order valence-electron chi connectivity index (χ3n) is 4.45. The van der Waals surface area contributed by atoms with Gasteiger partial charge in [-0.25, -0.2) is 0 Å². The molecule has 0 unspecified atom stereocenters. The molecular formula is C19H23N3O3. The van der Waals surface area contributed by atoms with Gasteiger partial charge in [-0.05, 0) is 49.9 Å². The summed E-state index contributed by atoms with van der Waals surface area (Å²) in [5.74, 6) is -0.214. The van der Waals surface area contributed by atoms with Gasteiger partial charge in [0.15, 0.2) is 0 Å². The SMILES string of the molecule is Cc1cc(C)c(C(=O)N2CCC[C@@H](OCc3cccnc3)C2)c(=O)[nH]1. The van der Waals surface area contributed by atoms with Gasteiger partial charge >= 0.3 is 0 Å². The fourth-order valence-electron chi connectivity index (χ4n) is 3.23. The first-order valence-electron chi connectivity index (χ1n) is 8.55. The summed E-state index contributed by atoms with van der Waals surface area (Å²) in [7, 11) is 0. The van der Waals surface area contributed by atoms with Gasteiger partial charge in [0.2, 0.25) is 0 Å². The van der Waals surface area contributed by atoms with Crippen molar-refractivity contribution in [1.82, 2.24) is 14.9 Å². The lowest BCUT2D eigenvalue weighted by Gasteiger charge is -2.32. The molecule has 1 amide bonds. The van der Waals surface area contributed by atoms with Crippen LogP contribution in [0.5, 0.6) is 0 Å². The number of piperidine rings is 1. The van der Waals surface area contributed by atoms with Crippen LogP contribution < -0.4 is 5.56 Å². The van der Waals surface area contributed by atoms with E-state index in [2.05, 4.69) is 9.97 Å². The van der Waals surface area contributed by atoms with Crippen LogP contribution in [-0.2, 0) is 11.3 Å². The molecule has 1 atom stereocenters. The third-order valence-corrected chi connectivity index (χ3v) is 4.45. The number of aromatic nitrogens is 2. The maximum atomic E-state index is 12.8. The first kappa shape index (κ1) is 17.4. The number of aryl methyl sites for hydroxylation is 2. The lowest BCUT2D eigenvalue weighted by Crippen LogP contribution is -2.45. The Balaban J connectivity index is 1.67. The third kappa shape index (κ3) is 4.14. The highest BCUT2D eigenvalue weighted by Crippen LogP contribution is 2.17. The van der Waals surface area contributed by atoms with Crippen LogP contribution in [0.3, 0.4) is 0 Å². The molecule has 0 aromatic carbocycles. The summed E-state index contributed by atoms with van der Waals surface area (Å²) in [6.07, 6.45) is 5.26. The molecule has 0 radical (unpaired) electrons. The van der Waals surface area contributed by atoms with Crippen molar-refractivity contribution in [1.29, 1.82) is 0 Å².